The molecule has 3 aliphatic rings. The molecule has 130 valence electrons. The van der Waals surface area contributed by atoms with E-state index in [-0.39, 0.29) is 24.8 Å². The predicted octanol–water partition coefficient (Wildman–Crippen LogP) is -0.531. The molecule has 0 fully saturated rings. The molecule has 1 atom stereocenters. The van der Waals surface area contributed by atoms with Crippen LogP contribution in [0.25, 0.3) is 11.1 Å². The zero-order chi connectivity index (χ0) is 15.9. The molecule has 0 saturated heterocycles. The quantitative estimate of drug-likeness (QED) is 0.543. The zero-order valence-corrected chi connectivity index (χ0v) is 18.5. The Hall–Kier alpha value is -0.877. The first-order chi connectivity index (χ1) is 11.9. The molecule has 0 spiro atoms. The molecular formula is C23H20Cl2Zr. The second-order valence-electron chi connectivity index (χ2n) is 6.91. The second-order valence-corrected chi connectivity index (χ2v) is 10.4. The number of hydrogen-bond donors (Lipinski definition) is 0. The summed E-state index contributed by atoms with van der Waals surface area (Å²) in [6.45, 7) is 0. The van der Waals surface area contributed by atoms with Gasteiger partial charge in [-0.1, -0.05) is 0 Å². The van der Waals surface area contributed by atoms with Crippen LogP contribution in [0, 0.1) is 0 Å². The third-order valence-corrected chi connectivity index (χ3v) is 8.90. The number of rotatable bonds is 3. The normalized spacial score (nSPS) is 18.8. The summed E-state index contributed by atoms with van der Waals surface area (Å²) in [6.07, 6.45) is 14.5. The van der Waals surface area contributed by atoms with Gasteiger partial charge in [-0.3, -0.25) is 0 Å². The number of fused-ring (bicyclic) bond motifs is 3. The Morgan fingerprint density at radius 3 is 2.54 bits per heavy atom. The average molecular weight is 459 g/mol. The summed E-state index contributed by atoms with van der Waals surface area (Å²) in [4.78, 5) is 0. The van der Waals surface area contributed by atoms with E-state index in [0.29, 0.717) is 5.92 Å². The van der Waals surface area contributed by atoms with Crippen LogP contribution < -0.4 is 28.1 Å². The van der Waals surface area contributed by atoms with Gasteiger partial charge in [0.05, 0.1) is 0 Å². The van der Waals surface area contributed by atoms with Crippen molar-refractivity contribution in [1.29, 1.82) is 0 Å². The summed E-state index contributed by atoms with van der Waals surface area (Å²) in [5.41, 5.74) is 7.86. The molecule has 1 unspecified atom stereocenters. The van der Waals surface area contributed by atoms with Crippen LogP contribution in [-0.2, 0) is 23.2 Å². The van der Waals surface area contributed by atoms with E-state index in [1.807, 2.05) is 0 Å². The van der Waals surface area contributed by atoms with Crippen LogP contribution >= 0.6 is 0 Å². The van der Waals surface area contributed by atoms with E-state index in [4.69, 9.17) is 0 Å². The van der Waals surface area contributed by atoms with Crippen LogP contribution in [0.2, 0.25) is 0 Å². The van der Waals surface area contributed by atoms with Gasteiger partial charge in [-0.15, -0.1) is 0 Å². The number of benzene rings is 2. The molecule has 0 bridgehead atoms. The fourth-order valence-corrected chi connectivity index (χ4v) is 7.72. The maximum Gasteiger partial charge on any atom is -1.00 e. The van der Waals surface area contributed by atoms with E-state index in [1.54, 1.807) is 23.3 Å². The van der Waals surface area contributed by atoms with Crippen LogP contribution in [0.1, 0.15) is 42.7 Å². The van der Waals surface area contributed by atoms with Crippen molar-refractivity contribution >= 4 is 3.27 Å². The minimum atomic E-state index is -0.683. The van der Waals surface area contributed by atoms with Crippen molar-refractivity contribution < 1.29 is 48.0 Å². The Balaban J connectivity index is 0.000000980. The fourth-order valence-electron chi connectivity index (χ4n) is 4.43. The van der Waals surface area contributed by atoms with Crippen LogP contribution in [0.3, 0.4) is 0 Å². The molecule has 0 saturated carbocycles. The Kier molecular flexibility index (Phi) is 6.44. The maximum atomic E-state index is 2.52. The molecule has 2 aromatic rings. The van der Waals surface area contributed by atoms with Crippen LogP contribution in [-0.4, -0.2) is 0 Å². The third kappa shape index (κ3) is 3.35. The monoisotopic (exact) mass is 456 g/mol. The Bertz CT molecular complexity index is 908. The predicted molar refractivity (Wildman–Crippen MR) is 97.1 cm³/mol. The van der Waals surface area contributed by atoms with Crippen LogP contribution in [0.5, 0.6) is 0 Å². The Morgan fingerprint density at radius 1 is 0.923 bits per heavy atom. The molecule has 0 radical (unpaired) electrons. The number of halogens is 2. The molecule has 5 rings (SSSR count). The summed E-state index contributed by atoms with van der Waals surface area (Å²) in [5.74, 6) is 0.533. The van der Waals surface area contributed by atoms with Crippen molar-refractivity contribution in [1.82, 2.24) is 0 Å². The molecule has 0 aliphatic heterocycles. The summed E-state index contributed by atoms with van der Waals surface area (Å²) in [5, 5.41) is 0. The first kappa shape index (κ1) is 19.9. The van der Waals surface area contributed by atoms with Crippen molar-refractivity contribution in [2.24, 2.45) is 0 Å². The van der Waals surface area contributed by atoms with Gasteiger partial charge in [0, 0.05) is 0 Å². The maximum absolute atomic E-state index is 2.52. The summed E-state index contributed by atoms with van der Waals surface area (Å²) < 4.78 is 3.40. The van der Waals surface area contributed by atoms with Gasteiger partial charge in [0.15, 0.2) is 0 Å². The fraction of sp³-hybridized carbons (Fsp3) is 0.217. The largest absolute Gasteiger partial charge is 1.00 e. The van der Waals surface area contributed by atoms with Gasteiger partial charge in [0.25, 0.3) is 0 Å². The van der Waals surface area contributed by atoms with E-state index in [0.717, 1.165) is 0 Å². The van der Waals surface area contributed by atoms with Gasteiger partial charge in [-0.05, 0) is 0 Å². The first-order valence-corrected chi connectivity index (χ1v) is 11.4. The van der Waals surface area contributed by atoms with Crippen molar-refractivity contribution in [3.63, 3.8) is 0 Å². The van der Waals surface area contributed by atoms with Crippen LogP contribution in [0.15, 0.2) is 75.6 Å². The molecule has 3 aliphatic carbocycles. The zero-order valence-electron chi connectivity index (χ0n) is 14.5. The second kappa shape index (κ2) is 8.43. The summed E-state index contributed by atoms with van der Waals surface area (Å²) in [6, 6.07) is 16.2. The van der Waals surface area contributed by atoms with Gasteiger partial charge in [-0.25, -0.2) is 0 Å². The van der Waals surface area contributed by atoms with E-state index in [1.165, 1.54) is 36.8 Å². The molecule has 0 nitrogen and oxygen atoms in total. The van der Waals surface area contributed by atoms with Crippen LogP contribution in [0.4, 0.5) is 0 Å². The van der Waals surface area contributed by atoms with E-state index in [9.17, 15) is 0 Å². The minimum Gasteiger partial charge on any atom is -1.00 e. The number of hydrogen-bond acceptors (Lipinski definition) is 0. The first-order valence-electron chi connectivity index (χ1n) is 8.96. The molecular weight excluding hydrogens is 438 g/mol. The Labute approximate surface area is 179 Å². The van der Waals surface area contributed by atoms with Gasteiger partial charge in [0.2, 0.25) is 0 Å². The number of allylic oxidation sites excluding steroid dienone is 6. The van der Waals surface area contributed by atoms with Crippen molar-refractivity contribution in [3.8, 4) is 11.1 Å². The standard InChI is InChI=1S/C18H15.C5H5.2ClH.Zr/c1-2-8-13(7-1)18-16-11-5-3-9-14(16)15-10-4-6-12-17(15)18;1-2-4-5-3-1;;;/h3-7,9-11,18H,1-2,8H2;1-3H,4H2;2*1H;/q;;;;+2/p-2. The molecule has 3 heteroatoms. The van der Waals surface area contributed by atoms with Gasteiger partial charge in [-0.2, -0.15) is 0 Å². The van der Waals surface area contributed by atoms with E-state index >= 15 is 0 Å². The smallest absolute Gasteiger partial charge is 1.00 e. The third-order valence-electron chi connectivity index (χ3n) is 5.47. The molecule has 0 amide bonds. The van der Waals surface area contributed by atoms with Gasteiger partial charge in [0.1, 0.15) is 0 Å². The molecule has 0 N–H and O–H groups in total. The Morgan fingerprint density at radius 2 is 1.77 bits per heavy atom. The SMILES string of the molecule is C1=CC[C]([Zr+2][c]2cccc3c2C(C2=CCCC2)c2ccccc2-3)=C1.[Cl-].[Cl-]. The summed E-state index contributed by atoms with van der Waals surface area (Å²) in [7, 11) is 0. The molecule has 2 aromatic carbocycles. The average Bonchev–Trinajstić information content (AvgIpc) is 3.35. The van der Waals surface area contributed by atoms with Gasteiger partial charge < -0.3 is 24.8 Å². The van der Waals surface area contributed by atoms with Crippen molar-refractivity contribution in [3.05, 3.63) is 86.7 Å². The molecule has 26 heavy (non-hydrogen) atoms. The van der Waals surface area contributed by atoms with Crippen molar-refractivity contribution in [2.75, 3.05) is 0 Å². The molecule has 0 aromatic heterocycles. The van der Waals surface area contributed by atoms with E-state index < -0.39 is 23.2 Å². The summed E-state index contributed by atoms with van der Waals surface area (Å²) >= 11 is -0.683. The minimum absolute atomic E-state index is 0. The van der Waals surface area contributed by atoms with Gasteiger partial charge >= 0.3 is 156 Å². The topological polar surface area (TPSA) is 0 Å². The van der Waals surface area contributed by atoms with E-state index in [2.05, 4.69) is 66.8 Å². The molecule has 0 heterocycles. The van der Waals surface area contributed by atoms with Crippen molar-refractivity contribution in [2.45, 2.75) is 31.6 Å².